The molecule has 1 N–H and O–H groups in total. The predicted molar refractivity (Wildman–Crippen MR) is 122 cm³/mol. The van der Waals surface area contributed by atoms with Crippen molar-refractivity contribution >= 4 is 27.3 Å². The first-order chi connectivity index (χ1) is 15.4. The minimum atomic E-state index is -4.02. The van der Waals surface area contributed by atoms with E-state index >= 15 is 0 Å². The van der Waals surface area contributed by atoms with Gasteiger partial charge in [0, 0.05) is 11.8 Å². The van der Waals surface area contributed by atoms with Gasteiger partial charge in [0.05, 0.1) is 31.9 Å². The van der Waals surface area contributed by atoms with Crippen LogP contribution < -0.4 is 23.8 Å². The van der Waals surface area contributed by atoms with Crippen LogP contribution in [0.5, 0.6) is 17.2 Å². The van der Waals surface area contributed by atoms with Crippen LogP contribution in [-0.4, -0.2) is 42.2 Å². The van der Waals surface area contributed by atoms with Crippen LogP contribution in [0.1, 0.15) is 0 Å². The number of benzene rings is 3. The van der Waals surface area contributed by atoms with Gasteiger partial charge in [0.2, 0.25) is 5.91 Å². The van der Waals surface area contributed by atoms with Crippen LogP contribution in [-0.2, 0) is 14.8 Å². The van der Waals surface area contributed by atoms with Crippen molar-refractivity contribution in [3.63, 3.8) is 0 Å². The van der Waals surface area contributed by atoms with Crippen LogP contribution in [0, 0.1) is 0 Å². The molecule has 0 aliphatic rings. The van der Waals surface area contributed by atoms with Gasteiger partial charge in [0.1, 0.15) is 12.3 Å². The number of amides is 1. The minimum Gasteiger partial charge on any atom is -0.497 e. The van der Waals surface area contributed by atoms with Crippen molar-refractivity contribution in [3.8, 4) is 17.2 Å². The molecule has 0 unspecified atom stereocenters. The van der Waals surface area contributed by atoms with E-state index in [9.17, 15) is 13.2 Å². The average Bonchev–Trinajstić information content (AvgIpc) is 2.82. The van der Waals surface area contributed by atoms with Crippen molar-refractivity contribution in [1.82, 2.24) is 0 Å². The van der Waals surface area contributed by atoms with Gasteiger partial charge < -0.3 is 19.5 Å². The molecule has 0 saturated carbocycles. The Kier molecular flexibility index (Phi) is 7.21. The van der Waals surface area contributed by atoms with E-state index in [1.165, 1.54) is 33.5 Å². The van der Waals surface area contributed by atoms with Gasteiger partial charge in [-0.05, 0) is 48.5 Å². The van der Waals surface area contributed by atoms with Crippen LogP contribution >= 0.6 is 0 Å². The summed E-state index contributed by atoms with van der Waals surface area (Å²) in [5, 5.41) is 2.71. The Hall–Kier alpha value is -3.72. The number of methoxy groups -OCH3 is 3. The molecule has 32 heavy (non-hydrogen) atoms. The maximum Gasteiger partial charge on any atom is 0.264 e. The highest BCUT2D eigenvalue weighted by molar-refractivity contribution is 7.92. The molecule has 0 aromatic heterocycles. The molecule has 0 spiro atoms. The second-order valence-electron chi connectivity index (χ2n) is 6.64. The summed E-state index contributed by atoms with van der Waals surface area (Å²) in [4.78, 5) is 12.9. The van der Waals surface area contributed by atoms with Crippen molar-refractivity contribution in [2.45, 2.75) is 4.90 Å². The first kappa shape index (κ1) is 23.0. The number of hydrogen-bond donors (Lipinski definition) is 1. The van der Waals surface area contributed by atoms with Crippen LogP contribution in [0.4, 0.5) is 11.4 Å². The van der Waals surface area contributed by atoms with Crippen LogP contribution in [0.25, 0.3) is 0 Å². The lowest BCUT2D eigenvalue weighted by Gasteiger charge is -2.24. The zero-order valence-corrected chi connectivity index (χ0v) is 18.8. The largest absolute Gasteiger partial charge is 0.497 e. The average molecular weight is 457 g/mol. The van der Waals surface area contributed by atoms with E-state index in [0.717, 1.165) is 4.31 Å². The maximum atomic E-state index is 13.4. The van der Waals surface area contributed by atoms with Crippen molar-refractivity contribution in [3.05, 3.63) is 72.8 Å². The quantitative estimate of drug-likeness (QED) is 0.529. The fourth-order valence-electron chi connectivity index (χ4n) is 3.03. The third kappa shape index (κ3) is 5.12. The molecular weight excluding hydrogens is 432 g/mol. The smallest absolute Gasteiger partial charge is 0.264 e. The molecule has 3 rings (SSSR count). The van der Waals surface area contributed by atoms with Gasteiger partial charge in [-0.1, -0.05) is 18.2 Å². The number of carbonyl (C=O) groups excluding carboxylic acids is 1. The SMILES string of the molecule is COc1ccc(S(=O)(=O)N(CC(=O)Nc2ccc(OC)c(OC)c2)c2ccccc2)cc1. The summed E-state index contributed by atoms with van der Waals surface area (Å²) in [6.07, 6.45) is 0. The fraction of sp³-hybridized carbons (Fsp3) is 0.174. The van der Waals surface area contributed by atoms with E-state index in [1.807, 2.05) is 0 Å². The highest BCUT2D eigenvalue weighted by Gasteiger charge is 2.27. The molecule has 0 bridgehead atoms. The standard InChI is InChI=1S/C23H24N2O6S/c1-29-19-10-12-20(13-11-19)32(27,28)25(18-7-5-4-6-8-18)16-23(26)24-17-9-14-21(30-2)22(15-17)31-3/h4-15H,16H2,1-3H3,(H,24,26). The second-order valence-corrected chi connectivity index (χ2v) is 8.50. The van der Waals surface area contributed by atoms with E-state index in [0.29, 0.717) is 28.6 Å². The lowest BCUT2D eigenvalue weighted by Crippen LogP contribution is -2.38. The molecule has 0 aliphatic heterocycles. The van der Waals surface area contributed by atoms with Crippen LogP contribution in [0.15, 0.2) is 77.7 Å². The first-order valence-corrected chi connectivity index (χ1v) is 11.1. The van der Waals surface area contributed by atoms with Crippen molar-refractivity contribution in [1.29, 1.82) is 0 Å². The monoisotopic (exact) mass is 456 g/mol. The van der Waals surface area contributed by atoms with Crippen LogP contribution in [0.2, 0.25) is 0 Å². The minimum absolute atomic E-state index is 0.0427. The number of nitrogens with zero attached hydrogens (tertiary/aromatic N) is 1. The van der Waals surface area contributed by atoms with E-state index in [2.05, 4.69) is 5.32 Å². The Labute approximate surface area is 187 Å². The Bertz CT molecular complexity index is 1160. The van der Waals surface area contributed by atoms with E-state index in [1.54, 1.807) is 60.7 Å². The zero-order chi connectivity index (χ0) is 23.1. The molecule has 8 nitrogen and oxygen atoms in total. The summed E-state index contributed by atoms with van der Waals surface area (Å²) in [6.45, 7) is -0.424. The molecule has 0 radical (unpaired) electrons. The summed E-state index contributed by atoms with van der Waals surface area (Å²) in [6, 6.07) is 19.3. The molecular formula is C23H24N2O6S. The van der Waals surface area contributed by atoms with Gasteiger partial charge in [-0.25, -0.2) is 8.42 Å². The Morgan fingerprint density at radius 3 is 2.09 bits per heavy atom. The Morgan fingerprint density at radius 2 is 1.50 bits per heavy atom. The van der Waals surface area contributed by atoms with E-state index in [-0.39, 0.29) is 4.90 Å². The number of rotatable bonds is 9. The summed E-state index contributed by atoms with van der Waals surface area (Å²) < 4.78 is 43.3. The number of nitrogens with one attached hydrogen (secondary N) is 1. The topological polar surface area (TPSA) is 94.2 Å². The number of para-hydroxylation sites is 1. The number of hydrogen-bond acceptors (Lipinski definition) is 6. The molecule has 0 atom stereocenters. The predicted octanol–water partition coefficient (Wildman–Crippen LogP) is 3.55. The zero-order valence-electron chi connectivity index (χ0n) is 17.9. The molecule has 0 fully saturated rings. The van der Waals surface area contributed by atoms with E-state index in [4.69, 9.17) is 14.2 Å². The number of ether oxygens (including phenoxy) is 3. The second kappa shape index (κ2) is 10.1. The Balaban J connectivity index is 1.89. The third-order valence-corrected chi connectivity index (χ3v) is 6.43. The van der Waals surface area contributed by atoms with Crippen molar-refractivity contribution < 1.29 is 27.4 Å². The maximum absolute atomic E-state index is 13.4. The van der Waals surface area contributed by atoms with Gasteiger partial charge in [0.15, 0.2) is 11.5 Å². The molecule has 1 amide bonds. The normalized spacial score (nSPS) is 10.8. The van der Waals surface area contributed by atoms with E-state index < -0.39 is 22.5 Å². The van der Waals surface area contributed by atoms with Crippen molar-refractivity contribution in [2.75, 3.05) is 37.5 Å². The van der Waals surface area contributed by atoms with Gasteiger partial charge in [0.25, 0.3) is 10.0 Å². The molecule has 168 valence electrons. The third-order valence-electron chi connectivity index (χ3n) is 4.65. The highest BCUT2D eigenvalue weighted by atomic mass is 32.2. The van der Waals surface area contributed by atoms with Crippen molar-refractivity contribution in [2.24, 2.45) is 0 Å². The summed E-state index contributed by atoms with van der Waals surface area (Å²) >= 11 is 0. The number of sulfonamides is 1. The summed E-state index contributed by atoms with van der Waals surface area (Å²) in [5.74, 6) is 0.967. The van der Waals surface area contributed by atoms with Gasteiger partial charge in [-0.2, -0.15) is 0 Å². The first-order valence-electron chi connectivity index (χ1n) is 9.62. The van der Waals surface area contributed by atoms with Crippen LogP contribution in [0.3, 0.4) is 0 Å². The summed E-state index contributed by atoms with van der Waals surface area (Å²) in [7, 11) is 0.480. The molecule has 0 saturated heterocycles. The molecule has 9 heteroatoms. The van der Waals surface area contributed by atoms with Gasteiger partial charge >= 0.3 is 0 Å². The number of anilines is 2. The molecule has 3 aromatic rings. The molecule has 0 aliphatic carbocycles. The Morgan fingerprint density at radius 1 is 0.844 bits per heavy atom. The lowest BCUT2D eigenvalue weighted by molar-refractivity contribution is -0.114. The lowest BCUT2D eigenvalue weighted by atomic mass is 10.2. The highest BCUT2D eigenvalue weighted by Crippen LogP contribution is 2.30. The summed E-state index contributed by atoms with van der Waals surface area (Å²) in [5.41, 5.74) is 0.813. The molecule has 3 aromatic carbocycles. The van der Waals surface area contributed by atoms with Gasteiger partial charge in [-0.3, -0.25) is 9.10 Å². The molecule has 0 heterocycles. The van der Waals surface area contributed by atoms with Gasteiger partial charge in [-0.15, -0.1) is 0 Å². The fourth-order valence-corrected chi connectivity index (χ4v) is 4.45. The number of carbonyl (C=O) groups is 1.